The van der Waals surface area contributed by atoms with Crippen LogP contribution in [0.15, 0.2) is 0 Å². The lowest BCUT2D eigenvalue weighted by molar-refractivity contribution is -0.123. The number of rotatable bonds is 6. The Morgan fingerprint density at radius 2 is 1.83 bits per heavy atom. The number of carbonyl (C=O) groups is 1. The zero-order chi connectivity index (χ0) is 13.6. The van der Waals surface area contributed by atoms with Gasteiger partial charge in [0.25, 0.3) is 0 Å². The second kappa shape index (κ2) is 7.13. The van der Waals surface area contributed by atoms with E-state index in [-0.39, 0.29) is 17.5 Å². The highest BCUT2D eigenvalue weighted by molar-refractivity contribution is 5.77. The molecular weight excluding hydrogens is 224 g/mol. The molecule has 0 aromatic heterocycles. The molecular formula is C15H30N2O. The standard InChI is InChI=1S/C15H30N2O/c1-5-12(2)13(3)17-14(18)11-15(16-4)9-7-6-8-10-15/h12-13,16H,5-11H2,1-4H3,(H,17,18). The van der Waals surface area contributed by atoms with E-state index in [4.69, 9.17) is 0 Å². The van der Waals surface area contributed by atoms with Crippen molar-refractivity contribution >= 4 is 5.91 Å². The van der Waals surface area contributed by atoms with Crippen LogP contribution in [-0.2, 0) is 4.79 Å². The van der Waals surface area contributed by atoms with Gasteiger partial charge in [-0.2, -0.15) is 0 Å². The van der Waals surface area contributed by atoms with Crippen LogP contribution in [0.3, 0.4) is 0 Å². The second-order valence-corrected chi connectivity index (χ2v) is 6.01. The van der Waals surface area contributed by atoms with Gasteiger partial charge in [-0.05, 0) is 32.7 Å². The summed E-state index contributed by atoms with van der Waals surface area (Å²) in [4.78, 5) is 12.2. The fourth-order valence-corrected chi connectivity index (χ4v) is 2.85. The predicted octanol–water partition coefficient (Wildman–Crippen LogP) is 2.85. The van der Waals surface area contributed by atoms with Crippen molar-refractivity contribution in [3.8, 4) is 0 Å². The van der Waals surface area contributed by atoms with E-state index in [9.17, 15) is 4.79 Å². The lowest BCUT2D eigenvalue weighted by Crippen LogP contribution is -2.49. The van der Waals surface area contributed by atoms with Crippen LogP contribution in [0.5, 0.6) is 0 Å². The Balaban J connectivity index is 2.47. The predicted molar refractivity (Wildman–Crippen MR) is 76.6 cm³/mol. The van der Waals surface area contributed by atoms with Gasteiger partial charge in [-0.3, -0.25) is 4.79 Å². The van der Waals surface area contributed by atoms with Crippen LogP contribution in [-0.4, -0.2) is 24.5 Å². The van der Waals surface area contributed by atoms with Crippen molar-refractivity contribution in [3.63, 3.8) is 0 Å². The van der Waals surface area contributed by atoms with E-state index in [1.807, 2.05) is 7.05 Å². The number of nitrogens with one attached hydrogen (secondary N) is 2. The van der Waals surface area contributed by atoms with Gasteiger partial charge in [0.05, 0.1) is 0 Å². The van der Waals surface area contributed by atoms with E-state index in [1.165, 1.54) is 19.3 Å². The van der Waals surface area contributed by atoms with E-state index >= 15 is 0 Å². The highest BCUT2D eigenvalue weighted by atomic mass is 16.1. The average Bonchev–Trinajstić information content (AvgIpc) is 2.38. The maximum absolute atomic E-state index is 12.2. The molecule has 0 aromatic rings. The van der Waals surface area contributed by atoms with Crippen LogP contribution in [0.1, 0.15) is 65.7 Å². The van der Waals surface area contributed by atoms with Crippen molar-refractivity contribution in [2.45, 2.75) is 77.3 Å². The molecule has 0 bridgehead atoms. The molecule has 0 aromatic carbocycles. The van der Waals surface area contributed by atoms with Gasteiger partial charge < -0.3 is 10.6 Å². The smallest absolute Gasteiger partial charge is 0.222 e. The zero-order valence-electron chi connectivity index (χ0n) is 12.5. The summed E-state index contributed by atoms with van der Waals surface area (Å²) >= 11 is 0. The van der Waals surface area contributed by atoms with E-state index in [1.54, 1.807) is 0 Å². The maximum Gasteiger partial charge on any atom is 0.222 e. The van der Waals surface area contributed by atoms with Crippen molar-refractivity contribution in [2.24, 2.45) is 5.92 Å². The van der Waals surface area contributed by atoms with Gasteiger partial charge in [0.15, 0.2) is 0 Å². The van der Waals surface area contributed by atoms with Gasteiger partial charge in [-0.25, -0.2) is 0 Å². The Morgan fingerprint density at radius 3 is 2.33 bits per heavy atom. The van der Waals surface area contributed by atoms with Gasteiger partial charge in [0.1, 0.15) is 0 Å². The number of carbonyl (C=O) groups excluding carboxylic acids is 1. The lowest BCUT2D eigenvalue weighted by Gasteiger charge is -2.37. The number of amides is 1. The quantitative estimate of drug-likeness (QED) is 0.765. The molecule has 106 valence electrons. The normalized spacial score (nSPS) is 22.2. The fourth-order valence-electron chi connectivity index (χ4n) is 2.85. The molecule has 1 aliphatic rings. The number of hydrogen-bond donors (Lipinski definition) is 2. The summed E-state index contributed by atoms with van der Waals surface area (Å²) in [6, 6.07) is 0.278. The third-order valence-electron chi connectivity index (χ3n) is 4.73. The zero-order valence-corrected chi connectivity index (χ0v) is 12.5. The van der Waals surface area contributed by atoms with E-state index in [2.05, 4.69) is 31.4 Å². The maximum atomic E-state index is 12.2. The van der Waals surface area contributed by atoms with Crippen LogP contribution in [0.2, 0.25) is 0 Å². The average molecular weight is 254 g/mol. The van der Waals surface area contributed by atoms with Crippen LogP contribution in [0.25, 0.3) is 0 Å². The Hall–Kier alpha value is -0.570. The molecule has 1 amide bonds. The van der Waals surface area contributed by atoms with E-state index in [0.717, 1.165) is 19.3 Å². The Kier molecular flexibility index (Phi) is 6.13. The monoisotopic (exact) mass is 254 g/mol. The Labute approximate surface area is 112 Å². The first-order valence-electron chi connectivity index (χ1n) is 7.51. The van der Waals surface area contributed by atoms with Gasteiger partial charge in [-0.1, -0.05) is 39.5 Å². The molecule has 2 atom stereocenters. The van der Waals surface area contributed by atoms with Gasteiger partial charge >= 0.3 is 0 Å². The van der Waals surface area contributed by atoms with Crippen molar-refractivity contribution in [1.29, 1.82) is 0 Å². The molecule has 1 aliphatic carbocycles. The van der Waals surface area contributed by atoms with Crippen LogP contribution < -0.4 is 10.6 Å². The van der Waals surface area contributed by atoms with Crippen LogP contribution >= 0.6 is 0 Å². The highest BCUT2D eigenvalue weighted by Gasteiger charge is 2.32. The number of hydrogen-bond acceptors (Lipinski definition) is 2. The van der Waals surface area contributed by atoms with E-state index < -0.39 is 0 Å². The summed E-state index contributed by atoms with van der Waals surface area (Å²) in [7, 11) is 2.00. The first kappa shape index (κ1) is 15.5. The summed E-state index contributed by atoms with van der Waals surface area (Å²) in [5, 5.41) is 6.56. The molecule has 3 heteroatoms. The van der Waals surface area contributed by atoms with Crippen molar-refractivity contribution in [1.82, 2.24) is 10.6 Å². The minimum Gasteiger partial charge on any atom is -0.353 e. The van der Waals surface area contributed by atoms with Gasteiger partial charge in [0.2, 0.25) is 5.91 Å². The fraction of sp³-hybridized carbons (Fsp3) is 0.933. The third-order valence-corrected chi connectivity index (χ3v) is 4.73. The first-order valence-corrected chi connectivity index (χ1v) is 7.51. The van der Waals surface area contributed by atoms with Crippen LogP contribution in [0.4, 0.5) is 0 Å². The molecule has 1 saturated carbocycles. The molecule has 0 spiro atoms. The summed E-state index contributed by atoms with van der Waals surface area (Å²) in [5.41, 5.74) is 0.0531. The second-order valence-electron chi connectivity index (χ2n) is 6.01. The summed E-state index contributed by atoms with van der Waals surface area (Å²) < 4.78 is 0. The third kappa shape index (κ3) is 4.27. The Morgan fingerprint density at radius 1 is 1.22 bits per heavy atom. The van der Waals surface area contributed by atoms with E-state index in [0.29, 0.717) is 12.3 Å². The molecule has 1 rings (SSSR count). The Bertz CT molecular complexity index is 259. The molecule has 0 aliphatic heterocycles. The first-order chi connectivity index (χ1) is 8.53. The van der Waals surface area contributed by atoms with Gasteiger partial charge in [-0.15, -0.1) is 0 Å². The summed E-state index contributed by atoms with van der Waals surface area (Å²) in [6.45, 7) is 6.47. The van der Waals surface area contributed by atoms with Crippen LogP contribution in [0, 0.1) is 5.92 Å². The molecule has 18 heavy (non-hydrogen) atoms. The lowest BCUT2D eigenvalue weighted by atomic mass is 9.79. The summed E-state index contributed by atoms with van der Waals surface area (Å²) in [5.74, 6) is 0.755. The minimum absolute atomic E-state index is 0.0531. The highest BCUT2D eigenvalue weighted by Crippen LogP contribution is 2.30. The molecule has 2 unspecified atom stereocenters. The topological polar surface area (TPSA) is 41.1 Å². The van der Waals surface area contributed by atoms with Crippen molar-refractivity contribution in [3.05, 3.63) is 0 Å². The molecule has 0 heterocycles. The SMILES string of the molecule is CCC(C)C(C)NC(=O)CC1(NC)CCCCC1. The molecule has 2 N–H and O–H groups in total. The minimum atomic E-state index is 0.0531. The van der Waals surface area contributed by atoms with Crippen molar-refractivity contribution < 1.29 is 4.79 Å². The molecule has 3 nitrogen and oxygen atoms in total. The molecule has 0 saturated heterocycles. The van der Waals surface area contributed by atoms with Crippen molar-refractivity contribution in [2.75, 3.05) is 7.05 Å². The molecule has 1 fully saturated rings. The van der Waals surface area contributed by atoms with Gasteiger partial charge in [0, 0.05) is 18.0 Å². The summed E-state index contributed by atoms with van der Waals surface area (Å²) in [6.07, 6.45) is 7.81. The molecule has 0 radical (unpaired) electrons. The largest absolute Gasteiger partial charge is 0.353 e.